The molecule has 1 aromatic heterocycles. The summed E-state index contributed by atoms with van der Waals surface area (Å²) in [4.78, 5) is 4.01. The number of hydrogen-bond donors (Lipinski definition) is 0. The zero-order valence-corrected chi connectivity index (χ0v) is 10.3. The predicted octanol–water partition coefficient (Wildman–Crippen LogP) is 4.34. The average Bonchev–Trinajstić information content (AvgIpc) is 2.15. The highest BCUT2D eigenvalue weighted by Crippen LogP contribution is 2.23. The van der Waals surface area contributed by atoms with Gasteiger partial charge in [-0.25, -0.2) is 8.78 Å². The van der Waals surface area contributed by atoms with Crippen molar-refractivity contribution in [2.75, 3.05) is 0 Å². The fourth-order valence-corrected chi connectivity index (χ4v) is 1.60. The molecule has 90 valence electrons. The highest BCUT2D eigenvalue weighted by atomic mass is 19.3. The van der Waals surface area contributed by atoms with E-state index in [0.29, 0.717) is 5.92 Å². The van der Waals surface area contributed by atoms with Crippen LogP contribution in [0.3, 0.4) is 0 Å². The van der Waals surface area contributed by atoms with Gasteiger partial charge in [0, 0.05) is 5.69 Å². The third-order valence-corrected chi connectivity index (χ3v) is 2.43. The van der Waals surface area contributed by atoms with Gasteiger partial charge in [0.05, 0.1) is 0 Å². The van der Waals surface area contributed by atoms with Crippen molar-refractivity contribution in [2.24, 2.45) is 5.92 Å². The largest absolute Gasteiger partial charge is 0.280 e. The van der Waals surface area contributed by atoms with Crippen molar-refractivity contribution in [3.05, 3.63) is 29.1 Å². The lowest BCUT2D eigenvalue weighted by Gasteiger charge is -2.12. The molecule has 1 heterocycles. The summed E-state index contributed by atoms with van der Waals surface area (Å²) in [6.07, 6.45) is -1.73. The fraction of sp³-hybridized carbons (Fsp3) is 0.615. The number of alkyl halides is 2. The smallest absolute Gasteiger partial charge is 0.252 e. The summed E-state index contributed by atoms with van der Waals surface area (Å²) in [6, 6.07) is 3.45. The number of pyridine rings is 1. The first-order valence-corrected chi connectivity index (χ1v) is 5.69. The highest BCUT2D eigenvalue weighted by Gasteiger charge is 2.13. The minimum Gasteiger partial charge on any atom is -0.252 e. The van der Waals surface area contributed by atoms with Gasteiger partial charge in [-0.1, -0.05) is 27.7 Å². The predicted molar refractivity (Wildman–Crippen MR) is 61.8 cm³/mol. The van der Waals surface area contributed by atoms with E-state index in [0.717, 1.165) is 17.7 Å². The second-order valence-corrected chi connectivity index (χ2v) is 4.87. The van der Waals surface area contributed by atoms with Crippen LogP contribution in [0.1, 0.15) is 57.0 Å². The quantitative estimate of drug-likeness (QED) is 0.745. The maximum Gasteiger partial charge on any atom is 0.280 e. The van der Waals surface area contributed by atoms with Gasteiger partial charge in [0.15, 0.2) is 0 Å². The van der Waals surface area contributed by atoms with Crippen LogP contribution >= 0.6 is 0 Å². The summed E-state index contributed by atoms with van der Waals surface area (Å²) < 4.78 is 25.3. The molecular formula is C13H19F2N. The van der Waals surface area contributed by atoms with Gasteiger partial charge in [0.2, 0.25) is 0 Å². The van der Waals surface area contributed by atoms with Gasteiger partial charge in [-0.15, -0.1) is 0 Å². The molecule has 0 bridgehead atoms. The van der Waals surface area contributed by atoms with Gasteiger partial charge in [0.25, 0.3) is 6.43 Å². The lowest BCUT2D eigenvalue weighted by molar-refractivity contribution is 0.145. The zero-order valence-electron chi connectivity index (χ0n) is 10.3. The van der Waals surface area contributed by atoms with E-state index >= 15 is 0 Å². The first kappa shape index (κ1) is 13.1. The Morgan fingerprint density at radius 3 is 2.19 bits per heavy atom. The molecule has 1 aromatic rings. The molecule has 0 aliphatic rings. The zero-order chi connectivity index (χ0) is 12.3. The summed E-state index contributed by atoms with van der Waals surface area (Å²) in [5.41, 5.74) is 1.62. The summed E-state index contributed by atoms with van der Waals surface area (Å²) in [6.45, 7) is 8.13. The molecule has 0 unspecified atom stereocenters. The molecule has 1 rings (SSSR count). The van der Waals surface area contributed by atoms with Gasteiger partial charge >= 0.3 is 0 Å². The first-order chi connectivity index (χ1) is 7.40. The van der Waals surface area contributed by atoms with Crippen molar-refractivity contribution >= 4 is 0 Å². The van der Waals surface area contributed by atoms with Crippen molar-refractivity contribution in [3.8, 4) is 0 Å². The maximum absolute atomic E-state index is 12.7. The van der Waals surface area contributed by atoms with Crippen LogP contribution in [0, 0.1) is 5.92 Å². The van der Waals surface area contributed by atoms with Crippen molar-refractivity contribution in [2.45, 2.75) is 46.5 Å². The Morgan fingerprint density at radius 2 is 1.75 bits per heavy atom. The van der Waals surface area contributed by atoms with E-state index in [-0.39, 0.29) is 11.6 Å². The molecule has 3 heteroatoms. The molecule has 1 nitrogen and oxygen atoms in total. The summed E-state index contributed by atoms with van der Waals surface area (Å²) in [5.74, 6) is 0.687. The lowest BCUT2D eigenvalue weighted by atomic mass is 9.99. The summed E-state index contributed by atoms with van der Waals surface area (Å²) in [7, 11) is 0. The molecule has 0 atom stereocenters. The molecule has 0 saturated heterocycles. The van der Waals surface area contributed by atoms with Crippen molar-refractivity contribution in [1.82, 2.24) is 4.98 Å². The molecule has 0 radical (unpaired) electrons. The Balaban J connectivity index is 3.08. The number of hydrogen-bond acceptors (Lipinski definition) is 1. The Kier molecular flexibility index (Phi) is 4.39. The highest BCUT2D eigenvalue weighted by molar-refractivity contribution is 5.25. The van der Waals surface area contributed by atoms with Crippen molar-refractivity contribution in [1.29, 1.82) is 0 Å². The third kappa shape index (κ3) is 3.54. The standard InChI is InChI=1S/C13H19F2N/c1-8(2)5-11-6-10(9(3)4)7-12(16-11)13(14)15/h6-9,13H,5H2,1-4H3. The van der Waals surface area contributed by atoms with E-state index in [4.69, 9.17) is 0 Å². The van der Waals surface area contributed by atoms with Gasteiger partial charge in [0.1, 0.15) is 5.69 Å². The molecule has 16 heavy (non-hydrogen) atoms. The molecule has 0 aliphatic heterocycles. The number of nitrogens with zero attached hydrogens (tertiary/aromatic N) is 1. The molecule has 0 aromatic carbocycles. The van der Waals surface area contributed by atoms with Gasteiger partial charge in [-0.2, -0.15) is 0 Å². The summed E-state index contributed by atoms with van der Waals surface area (Å²) >= 11 is 0. The van der Waals surface area contributed by atoms with E-state index in [1.807, 2.05) is 19.9 Å². The van der Waals surface area contributed by atoms with Crippen LogP contribution in [0.25, 0.3) is 0 Å². The second-order valence-electron chi connectivity index (χ2n) is 4.87. The molecule has 0 spiro atoms. The first-order valence-electron chi connectivity index (χ1n) is 5.69. The number of rotatable bonds is 4. The van der Waals surface area contributed by atoms with Crippen LogP contribution in [-0.4, -0.2) is 4.98 Å². The second kappa shape index (κ2) is 5.37. The normalized spacial score (nSPS) is 11.8. The Labute approximate surface area is 95.9 Å². The Bertz CT molecular complexity index is 320. The van der Waals surface area contributed by atoms with Crippen LogP contribution in [-0.2, 0) is 6.42 Å². The van der Waals surface area contributed by atoms with E-state index in [9.17, 15) is 8.78 Å². The molecular weight excluding hydrogens is 208 g/mol. The molecule has 0 saturated carbocycles. The van der Waals surface area contributed by atoms with Crippen LogP contribution in [0.15, 0.2) is 12.1 Å². The Hall–Kier alpha value is -0.990. The minimum absolute atomic E-state index is 0.0955. The SMILES string of the molecule is CC(C)Cc1cc(C(C)C)cc(C(F)F)n1. The van der Waals surface area contributed by atoms with Crippen molar-refractivity contribution < 1.29 is 8.78 Å². The minimum atomic E-state index is -2.48. The number of halogens is 2. The van der Waals surface area contributed by atoms with E-state index in [1.165, 1.54) is 6.07 Å². The summed E-state index contributed by atoms with van der Waals surface area (Å²) in [5, 5.41) is 0. The van der Waals surface area contributed by atoms with E-state index < -0.39 is 6.43 Å². The van der Waals surface area contributed by atoms with E-state index in [2.05, 4.69) is 18.8 Å². The Morgan fingerprint density at radius 1 is 1.12 bits per heavy atom. The molecule has 0 N–H and O–H groups in total. The number of aromatic nitrogens is 1. The van der Waals surface area contributed by atoms with Crippen molar-refractivity contribution in [3.63, 3.8) is 0 Å². The molecule has 0 amide bonds. The van der Waals surface area contributed by atoms with Crippen LogP contribution in [0.5, 0.6) is 0 Å². The van der Waals surface area contributed by atoms with Gasteiger partial charge < -0.3 is 0 Å². The maximum atomic E-state index is 12.7. The molecule has 0 fully saturated rings. The van der Waals surface area contributed by atoms with Gasteiger partial charge in [-0.05, 0) is 36.0 Å². The average molecular weight is 227 g/mol. The van der Waals surface area contributed by atoms with Crippen LogP contribution in [0.4, 0.5) is 8.78 Å². The van der Waals surface area contributed by atoms with Crippen LogP contribution in [0.2, 0.25) is 0 Å². The third-order valence-electron chi connectivity index (χ3n) is 2.43. The lowest BCUT2D eigenvalue weighted by Crippen LogP contribution is -2.03. The monoisotopic (exact) mass is 227 g/mol. The fourth-order valence-electron chi connectivity index (χ4n) is 1.60. The van der Waals surface area contributed by atoms with E-state index in [1.54, 1.807) is 0 Å². The van der Waals surface area contributed by atoms with Gasteiger partial charge in [-0.3, -0.25) is 4.98 Å². The topological polar surface area (TPSA) is 12.9 Å². The molecule has 0 aliphatic carbocycles. The van der Waals surface area contributed by atoms with Crippen LogP contribution < -0.4 is 0 Å².